The Morgan fingerprint density at radius 1 is 0.971 bits per heavy atom. The molecule has 35 heavy (non-hydrogen) atoms. The summed E-state index contributed by atoms with van der Waals surface area (Å²) in [5.41, 5.74) is 4.71. The summed E-state index contributed by atoms with van der Waals surface area (Å²) in [6, 6.07) is 21.6. The van der Waals surface area contributed by atoms with Crippen LogP contribution in [-0.2, 0) is 6.54 Å². The van der Waals surface area contributed by atoms with Gasteiger partial charge in [0.15, 0.2) is 11.5 Å². The number of nitrogens with one attached hydrogen (secondary N) is 1. The van der Waals surface area contributed by atoms with Gasteiger partial charge in [0.05, 0.1) is 32.5 Å². The summed E-state index contributed by atoms with van der Waals surface area (Å²) in [5.74, 6) is 0.815. The summed E-state index contributed by atoms with van der Waals surface area (Å²) >= 11 is 0. The number of anilines is 1. The summed E-state index contributed by atoms with van der Waals surface area (Å²) in [7, 11) is 3.18. The first-order valence-electron chi connectivity index (χ1n) is 11.3. The smallest absolute Gasteiger partial charge is 0.322 e. The van der Waals surface area contributed by atoms with Crippen LogP contribution in [0.15, 0.2) is 79.0 Å². The molecule has 4 aromatic rings. The number of amides is 2. The Bertz CT molecular complexity index is 1400. The van der Waals surface area contributed by atoms with Gasteiger partial charge in [-0.15, -0.1) is 0 Å². The highest BCUT2D eigenvalue weighted by atomic mass is 19.1. The molecule has 0 fully saturated rings. The van der Waals surface area contributed by atoms with Gasteiger partial charge >= 0.3 is 6.03 Å². The zero-order valence-electron chi connectivity index (χ0n) is 19.8. The highest BCUT2D eigenvalue weighted by molar-refractivity contribution is 5.90. The number of nitrogens with zero attached hydrogens (tertiary/aromatic N) is 2. The average molecular weight is 472 g/mol. The third kappa shape index (κ3) is 4.10. The van der Waals surface area contributed by atoms with E-state index in [-0.39, 0.29) is 11.8 Å². The maximum absolute atomic E-state index is 14.2. The first-order chi connectivity index (χ1) is 17.0. The van der Waals surface area contributed by atoms with Crippen LogP contribution in [0.5, 0.6) is 11.5 Å². The fourth-order valence-corrected chi connectivity index (χ4v) is 4.58. The highest BCUT2D eigenvalue weighted by Gasteiger charge is 2.33. The van der Waals surface area contributed by atoms with Gasteiger partial charge in [0.25, 0.3) is 0 Å². The fourth-order valence-electron chi connectivity index (χ4n) is 4.58. The van der Waals surface area contributed by atoms with Crippen LogP contribution in [0.2, 0.25) is 0 Å². The molecule has 1 N–H and O–H groups in total. The molecule has 0 spiro atoms. The number of aromatic nitrogens is 1. The molecule has 0 saturated carbocycles. The second-order valence-electron chi connectivity index (χ2n) is 8.47. The molecule has 1 atom stereocenters. The number of ether oxygens (including phenoxy) is 2. The van der Waals surface area contributed by atoms with Crippen LogP contribution in [0.4, 0.5) is 14.9 Å². The van der Waals surface area contributed by atoms with Crippen LogP contribution in [0.1, 0.15) is 28.4 Å². The number of fused-ring (bicyclic) bond motifs is 3. The van der Waals surface area contributed by atoms with Crippen LogP contribution in [0, 0.1) is 12.7 Å². The lowest BCUT2D eigenvalue weighted by atomic mass is 10.0. The van der Waals surface area contributed by atoms with Crippen molar-refractivity contribution in [2.75, 3.05) is 19.5 Å². The summed E-state index contributed by atoms with van der Waals surface area (Å²) < 4.78 is 27.3. The fraction of sp³-hybridized carbons (Fsp3) is 0.179. The van der Waals surface area contributed by atoms with Crippen molar-refractivity contribution in [3.63, 3.8) is 0 Å². The van der Waals surface area contributed by atoms with Gasteiger partial charge < -0.3 is 24.3 Å². The van der Waals surface area contributed by atoms with Crippen molar-refractivity contribution in [2.24, 2.45) is 0 Å². The topological polar surface area (TPSA) is 55.7 Å². The molecule has 1 aliphatic rings. The third-order valence-electron chi connectivity index (χ3n) is 6.37. The number of rotatable bonds is 4. The average Bonchev–Trinajstić information content (AvgIpc) is 3.30. The molecule has 2 amide bonds. The predicted molar refractivity (Wildman–Crippen MR) is 133 cm³/mol. The van der Waals surface area contributed by atoms with Gasteiger partial charge in [0.1, 0.15) is 5.82 Å². The lowest BCUT2D eigenvalue weighted by molar-refractivity contribution is 0.194. The van der Waals surface area contributed by atoms with Crippen molar-refractivity contribution in [3.8, 4) is 17.2 Å². The molecule has 6 nitrogen and oxygen atoms in total. The number of urea groups is 1. The number of halogens is 1. The Balaban J connectivity index is 1.64. The Hall–Kier alpha value is -4.26. The van der Waals surface area contributed by atoms with Gasteiger partial charge in [0, 0.05) is 17.6 Å². The molecule has 3 aromatic carbocycles. The van der Waals surface area contributed by atoms with Crippen LogP contribution >= 0.6 is 0 Å². The Labute approximate surface area is 203 Å². The van der Waals surface area contributed by atoms with Crippen molar-refractivity contribution in [1.82, 2.24) is 9.47 Å². The van der Waals surface area contributed by atoms with Gasteiger partial charge in [-0.05, 0) is 66.1 Å². The molecule has 0 radical (unpaired) electrons. The zero-order valence-corrected chi connectivity index (χ0v) is 19.8. The number of aryl methyl sites for hydroxylation is 1. The van der Waals surface area contributed by atoms with E-state index < -0.39 is 6.04 Å². The van der Waals surface area contributed by atoms with Crippen LogP contribution in [0.3, 0.4) is 0 Å². The zero-order chi connectivity index (χ0) is 24.5. The second kappa shape index (κ2) is 9.18. The number of hydrogen-bond acceptors (Lipinski definition) is 3. The molecule has 1 aromatic heterocycles. The molecule has 0 bridgehead atoms. The summed E-state index contributed by atoms with van der Waals surface area (Å²) in [4.78, 5) is 15.5. The standard InChI is InChI=1S/C28H26FN3O3/c1-18-10-12-21(16-22(18)29)30-28(33)32-17-20-7-4-5-8-23(20)31-14-6-9-24(31)27(32)19-11-13-25(34-2)26(15-19)35-3/h4-16,27H,17H2,1-3H3,(H,30,33). The van der Waals surface area contributed by atoms with E-state index in [1.54, 1.807) is 38.2 Å². The van der Waals surface area contributed by atoms with Crippen LogP contribution in [0.25, 0.3) is 5.69 Å². The third-order valence-corrected chi connectivity index (χ3v) is 6.37. The molecule has 1 unspecified atom stereocenters. The van der Waals surface area contributed by atoms with Crippen molar-refractivity contribution >= 4 is 11.7 Å². The van der Waals surface area contributed by atoms with E-state index in [0.29, 0.717) is 29.3 Å². The van der Waals surface area contributed by atoms with E-state index in [4.69, 9.17) is 9.47 Å². The van der Waals surface area contributed by atoms with Crippen LogP contribution in [-0.4, -0.2) is 29.7 Å². The minimum absolute atomic E-state index is 0.336. The normalized spacial score (nSPS) is 14.5. The molecular formula is C28H26FN3O3. The van der Waals surface area contributed by atoms with E-state index in [1.165, 1.54) is 6.07 Å². The minimum Gasteiger partial charge on any atom is -0.493 e. The minimum atomic E-state index is -0.437. The second-order valence-corrected chi connectivity index (χ2v) is 8.47. The lowest BCUT2D eigenvalue weighted by Crippen LogP contribution is -2.38. The first-order valence-corrected chi connectivity index (χ1v) is 11.3. The molecule has 5 rings (SSSR count). The summed E-state index contributed by atoms with van der Waals surface area (Å²) in [5, 5.41) is 2.89. The quantitative estimate of drug-likeness (QED) is 0.393. The number of hydrogen-bond donors (Lipinski definition) is 1. The molecule has 178 valence electrons. The number of carbonyl (C=O) groups excluding carboxylic acids is 1. The van der Waals surface area contributed by atoms with Gasteiger partial charge in [-0.1, -0.05) is 30.3 Å². The van der Waals surface area contributed by atoms with E-state index in [9.17, 15) is 9.18 Å². The van der Waals surface area contributed by atoms with Gasteiger partial charge in [-0.25, -0.2) is 9.18 Å². The summed E-state index contributed by atoms with van der Waals surface area (Å²) in [6.07, 6.45) is 2.00. The van der Waals surface area contributed by atoms with E-state index in [0.717, 1.165) is 22.5 Å². The van der Waals surface area contributed by atoms with E-state index >= 15 is 0 Å². The number of para-hydroxylation sites is 1. The Morgan fingerprint density at radius 3 is 2.54 bits per heavy atom. The molecule has 0 saturated heterocycles. The number of benzene rings is 3. The molecular weight excluding hydrogens is 445 g/mol. The van der Waals surface area contributed by atoms with Crippen molar-refractivity contribution < 1.29 is 18.7 Å². The molecule has 1 aliphatic heterocycles. The van der Waals surface area contributed by atoms with E-state index in [2.05, 4.69) is 9.88 Å². The van der Waals surface area contributed by atoms with Gasteiger partial charge in [-0.3, -0.25) is 0 Å². The van der Waals surface area contributed by atoms with Gasteiger partial charge in [-0.2, -0.15) is 0 Å². The monoisotopic (exact) mass is 471 g/mol. The van der Waals surface area contributed by atoms with Gasteiger partial charge in [0.2, 0.25) is 0 Å². The molecule has 0 aliphatic carbocycles. The Morgan fingerprint density at radius 2 is 1.77 bits per heavy atom. The SMILES string of the molecule is COc1ccc(C2c3cccn3-c3ccccc3CN2C(=O)Nc2ccc(C)c(F)c2)cc1OC. The summed E-state index contributed by atoms with van der Waals surface area (Å²) in [6.45, 7) is 2.05. The van der Waals surface area contributed by atoms with E-state index in [1.807, 2.05) is 60.8 Å². The lowest BCUT2D eigenvalue weighted by Gasteiger charge is -2.31. The van der Waals surface area contributed by atoms with Crippen molar-refractivity contribution in [1.29, 1.82) is 0 Å². The number of methoxy groups -OCH3 is 2. The van der Waals surface area contributed by atoms with Crippen molar-refractivity contribution in [3.05, 3.63) is 107 Å². The highest BCUT2D eigenvalue weighted by Crippen LogP contribution is 2.39. The maximum Gasteiger partial charge on any atom is 0.322 e. The largest absolute Gasteiger partial charge is 0.493 e. The maximum atomic E-state index is 14.2. The Kier molecular flexibility index (Phi) is 5.91. The molecule has 2 heterocycles. The first kappa shape index (κ1) is 22.5. The number of carbonyl (C=O) groups is 1. The predicted octanol–water partition coefficient (Wildman–Crippen LogP) is 6.08. The molecule has 7 heteroatoms. The van der Waals surface area contributed by atoms with Crippen molar-refractivity contribution in [2.45, 2.75) is 19.5 Å². The van der Waals surface area contributed by atoms with Crippen LogP contribution < -0.4 is 14.8 Å².